The SMILES string of the molecule is COc1cc(OC)cc(C(=O)/C(C)=C\CC2CCC(c3nc(-c4cc5ccccc5[nH]4)c4c(N)nccn34)CC2)c1. The number of nitrogens with two attached hydrogens (primary N) is 1. The Labute approximate surface area is 239 Å². The summed E-state index contributed by atoms with van der Waals surface area (Å²) in [6.45, 7) is 1.89. The van der Waals surface area contributed by atoms with E-state index in [1.165, 1.54) is 0 Å². The first kappa shape index (κ1) is 26.6. The third-order valence-corrected chi connectivity index (χ3v) is 8.34. The standard InChI is InChI=1S/C33H35N5O3/c1-20(31(39)24-16-25(40-2)19-26(17-24)41-3)8-9-21-10-12-22(13-11-21)33-37-29(30-32(34)35-14-15-38(30)33)28-18-23-6-4-5-7-27(23)36-28/h4-8,14-19,21-22,36H,9-13H2,1-3H3,(H2,34,35)/b20-8-. The third-order valence-electron chi connectivity index (χ3n) is 8.34. The summed E-state index contributed by atoms with van der Waals surface area (Å²) >= 11 is 0. The lowest BCUT2D eigenvalue weighted by Crippen LogP contribution is -2.15. The summed E-state index contributed by atoms with van der Waals surface area (Å²) in [4.78, 5) is 26.1. The van der Waals surface area contributed by atoms with Crippen LogP contribution in [0, 0.1) is 5.92 Å². The number of allylic oxidation sites excluding steroid dienone is 2. The van der Waals surface area contributed by atoms with Crippen molar-refractivity contribution < 1.29 is 14.3 Å². The Bertz CT molecular complexity index is 1700. The lowest BCUT2D eigenvalue weighted by atomic mass is 9.80. The number of anilines is 1. The molecule has 1 aliphatic rings. The van der Waals surface area contributed by atoms with E-state index in [0.717, 1.165) is 71.3 Å². The van der Waals surface area contributed by atoms with E-state index in [0.29, 0.717) is 34.7 Å². The second-order valence-corrected chi connectivity index (χ2v) is 10.9. The smallest absolute Gasteiger partial charge is 0.188 e. The van der Waals surface area contributed by atoms with Crippen LogP contribution in [0.2, 0.25) is 0 Å². The summed E-state index contributed by atoms with van der Waals surface area (Å²) in [6, 6.07) is 15.6. The highest BCUT2D eigenvalue weighted by atomic mass is 16.5. The van der Waals surface area contributed by atoms with E-state index in [9.17, 15) is 4.79 Å². The van der Waals surface area contributed by atoms with Crippen molar-refractivity contribution in [1.82, 2.24) is 19.4 Å². The summed E-state index contributed by atoms with van der Waals surface area (Å²) in [6.07, 6.45) is 10.9. The minimum absolute atomic E-state index is 0.00422. The van der Waals surface area contributed by atoms with Gasteiger partial charge in [0.15, 0.2) is 5.78 Å². The number of carbonyl (C=O) groups is 1. The van der Waals surface area contributed by atoms with E-state index < -0.39 is 0 Å². The number of imidazole rings is 1. The molecule has 41 heavy (non-hydrogen) atoms. The van der Waals surface area contributed by atoms with Gasteiger partial charge in [-0.05, 0) is 74.8 Å². The number of aromatic amines is 1. The van der Waals surface area contributed by atoms with Crippen molar-refractivity contribution in [3.8, 4) is 22.9 Å². The van der Waals surface area contributed by atoms with Gasteiger partial charge in [0.05, 0.1) is 19.9 Å². The van der Waals surface area contributed by atoms with Crippen LogP contribution in [0.1, 0.15) is 61.1 Å². The molecular weight excluding hydrogens is 514 g/mol. The van der Waals surface area contributed by atoms with Crippen LogP contribution in [0.4, 0.5) is 5.82 Å². The molecule has 0 amide bonds. The van der Waals surface area contributed by atoms with E-state index in [1.807, 2.05) is 25.3 Å². The molecule has 3 aromatic heterocycles. The second-order valence-electron chi connectivity index (χ2n) is 10.9. The van der Waals surface area contributed by atoms with Crippen molar-refractivity contribution in [1.29, 1.82) is 0 Å². The minimum Gasteiger partial charge on any atom is -0.497 e. The Morgan fingerprint density at radius 1 is 1.07 bits per heavy atom. The van der Waals surface area contributed by atoms with Crippen LogP contribution in [0.25, 0.3) is 27.8 Å². The molecule has 8 heteroatoms. The fourth-order valence-corrected chi connectivity index (χ4v) is 6.02. The van der Waals surface area contributed by atoms with Crippen LogP contribution in [0.3, 0.4) is 0 Å². The first-order chi connectivity index (χ1) is 19.9. The number of hydrogen-bond acceptors (Lipinski definition) is 6. The zero-order chi connectivity index (χ0) is 28.5. The van der Waals surface area contributed by atoms with E-state index in [4.69, 9.17) is 20.2 Å². The molecule has 1 saturated carbocycles. The summed E-state index contributed by atoms with van der Waals surface area (Å²) in [7, 11) is 3.17. The van der Waals surface area contributed by atoms with E-state index in [-0.39, 0.29) is 5.78 Å². The molecule has 0 spiro atoms. The molecule has 3 N–H and O–H groups in total. The van der Waals surface area contributed by atoms with Crippen LogP contribution in [0.5, 0.6) is 11.5 Å². The van der Waals surface area contributed by atoms with Crippen molar-refractivity contribution in [2.45, 2.75) is 44.9 Å². The van der Waals surface area contributed by atoms with Crippen molar-refractivity contribution in [3.63, 3.8) is 0 Å². The Kier molecular flexibility index (Phi) is 7.22. The molecule has 2 aromatic carbocycles. The van der Waals surface area contributed by atoms with Crippen molar-refractivity contribution >= 4 is 28.0 Å². The third kappa shape index (κ3) is 5.17. The predicted octanol–water partition coefficient (Wildman–Crippen LogP) is 6.97. The van der Waals surface area contributed by atoms with Gasteiger partial charge in [0.25, 0.3) is 0 Å². The van der Waals surface area contributed by atoms with E-state index in [2.05, 4.69) is 38.6 Å². The zero-order valence-corrected chi connectivity index (χ0v) is 23.7. The lowest BCUT2D eigenvalue weighted by Gasteiger charge is -2.27. The first-order valence-corrected chi connectivity index (χ1v) is 14.1. The molecule has 0 saturated heterocycles. The number of Topliss-reactive ketones (excluding diaryl/α,β-unsaturated/α-hetero) is 1. The Balaban J connectivity index is 1.17. The Morgan fingerprint density at radius 3 is 2.51 bits per heavy atom. The van der Waals surface area contributed by atoms with Crippen LogP contribution >= 0.6 is 0 Å². The summed E-state index contributed by atoms with van der Waals surface area (Å²) in [5.41, 5.74) is 11.4. The van der Waals surface area contributed by atoms with Crippen molar-refractivity contribution in [3.05, 3.63) is 84.0 Å². The maximum Gasteiger partial charge on any atom is 0.188 e. The number of nitrogens with zero attached hydrogens (tertiary/aromatic N) is 3. The number of methoxy groups -OCH3 is 2. The van der Waals surface area contributed by atoms with Gasteiger partial charge in [0.2, 0.25) is 0 Å². The van der Waals surface area contributed by atoms with Crippen LogP contribution in [0.15, 0.2) is 72.6 Å². The number of benzene rings is 2. The highest BCUT2D eigenvalue weighted by Gasteiger charge is 2.28. The number of nitrogens with one attached hydrogen (secondary N) is 1. The number of fused-ring (bicyclic) bond motifs is 2. The molecule has 210 valence electrons. The number of carbonyl (C=O) groups excluding carboxylic acids is 1. The minimum atomic E-state index is -0.00422. The van der Waals surface area contributed by atoms with Gasteiger partial charge in [-0.1, -0.05) is 24.3 Å². The van der Waals surface area contributed by atoms with Crippen LogP contribution in [-0.4, -0.2) is 39.4 Å². The average Bonchev–Trinajstić information content (AvgIpc) is 3.62. The molecule has 6 rings (SSSR count). The highest BCUT2D eigenvalue weighted by Crippen LogP contribution is 2.40. The number of hydrogen-bond donors (Lipinski definition) is 2. The van der Waals surface area contributed by atoms with Gasteiger partial charge in [0, 0.05) is 40.8 Å². The van der Waals surface area contributed by atoms with Gasteiger partial charge >= 0.3 is 0 Å². The molecular formula is C33H35N5O3. The maximum absolute atomic E-state index is 13.1. The number of rotatable bonds is 8. The van der Waals surface area contributed by atoms with E-state index in [1.54, 1.807) is 38.6 Å². The molecule has 0 radical (unpaired) electrons. The predicted molar refractivity (Wildman–Crippen MR) is 162 cm³/mol. The number of H-pyrrole nitrogens is 1. The fraction of sp³-hybridized carbons (Fsp3) is 0.303. The summed E-state index contributed by atoms with van der Waals surface area (Å²) in [5.74, 6) is 3.58. The fourth-order valence-electron chi connectivity index (χ4n) is 6.02. The topological polar surface area (TPSA) is 108 Å². The van der Waals surface area contributed by atoms with Crippen LogP contribution < -0.4 is 15.2 Å². The zero-order valence-electron chi connectivity index (χ0n) is 23.7. The Morgan fingerprint density at radius 2 is 1.80 bits per heavy atom. The Hall–Kier alpha value is -4.59. The van der Waals surface area contributed by atoms with Crippen molar-refractivity contribution in [2.24, 2.45) is 5.92 Å². The largest absolute Gasteiger partial charge is 0.497 e. The van der Waals surface area contributed by atoms with Gasteiger partial charge in [-0.25, -0.2) is 9.97 Å². The summed E-state index contributed by atoms with van der Waals surface area (Å²) in [5, 5.41) is 1.14. The first-order valence-electron chi connectivity index (χ1n) is 14.1. The molecule has 8 nitrogen and oxygen atoms in total. The molecule has 1 aliphatic carbocycles. The maximum atomic E-state index is 13.1. The molecule has 3 heterocycles. The van der Waals surface area contributed by atoms with E-state index >= 15 is 0 Å². The van der Waals surface area contributed by atoms with Crippen molar-refractivity contribution in [2.75, 3.05) is 20.0 Å². The van der Waals surface area contributed by atoms with Gasteiger partial charge < -0.3 is 20.2 Å². The quantitative estimate of drug-likeness (QED) is 0.160. The highest BCUT2D eigenvalue weighted by molar-refractivity contribution is 6.08. The molecule has 5 aromatic rings. The average molecular weight is 550 g/mol. The lowest BCUT2D eigenvalue weighted by molar-refractivity contribution is 0.103. The normalized spacial score (nSPS) is 17.7. The van der Waals surface area contributed by atoms with Gasteiger partial charge in [-0.3, -0.25) is 9.20 Å². The molecule has 0 aliphatic heterocycles. The molecule has 0 unspecified atom stereocenters. The number of aromatic nitrogens is 4. The number of ketones is 1. The molecule has 1 fully saturated rings. The van der Waals surface area contributed by atoms with Gasteiger partial charge in [-0.15, -0.1) is 0 Å². The van der Waals surface area contributed by atoms with Gasteiger partial charge in [-0.2, -0.15) is 0 Å². The molecule has 0 atom stereocenters. The number of para-hydroxylation sites is 1. The van der Waals surface area contributed by atoms with Crippen LogP contribution in [-0.2, 0) is 0 Å². The molecule has 0 bridgehead atoms. The second kappa shape index (κ2) is 11.1. The number of nitrogen functional groups attached to an aromatic ring is 1. The number of ether oxygens (including phenoxy) is 2. The summed E-state index contributed by atoms with van der Waals surface area (Å²) < 4.78 is 12.8. The van der Waals surface area contributed by atoms with Gasteiger partial charge in [0.1, 0.15) is 34.4 Å². The monoisotopic (exact) mass is 549 g/mol.